The van der Waals surface area contributed by atoms with E-state index in [0.717, 1.165) is 30.4 Å². The molecule has 0 spiro atoms. The van der Waals surface area contributed by atoms with Crippen LogP contribution in [0.25, 0.3) is 0 Å². The van der Waals surface area contributed by atoms with Gasteiger partial charge in [-0.3, -0.25) is 0 Å². The van der Waals surface area contributed by atoms with Gasteiger partial charge in [-0.25, -0.2) is 0 Å². The standard InChI is InChI=1S/C13H18O/c1-4-5-11-6-7-13(14)12(9-11)8-10(2)3/h6-7,9,14H,2,4-5,8H2,1,3H3. The first kappa shape index (κ1) is 10.8. The molecule has 1 aromatic rings. The molecule has 1 nitrogen and oxygen atoms in total. The van der Waals surface area contributed by atoms with Gasteiger partial charge in [0.15, 0.2) is 0 Å². The molecule has 0 aliphatic rings. The summed E-state index contributed by atoms with van der Waals surface area (Å²) in [6, 6.07) is 5.84. The summed E-state index contributed by atoms with van der Waals surface area (Å²) in [6.07, 6.45) is 2.98. The van der Waals surface area contributed by atoms with E-state index in [1.54, 1.807) is 6.07 Å². The SMILES string of the molecule is C=C(C)Cc1cc(CCC)ccc1O. The molecule has 14 heavy (non-hydrogen) atoms. The van der Waals surface area contributed by atoms with E-state index in [1.807, 2.05) is 13.0 Å². The largest absolute Gasteiger partial charge is 0.508 e. The average Bonchev–Trinajstić information content (AvgIpc) is 2.10. The van der Waals surface area contributed by atoms with Gasteiger partial charge >= 0.3 is 0 Å². The lowest BCUT2D eigenvalue weighted by Gasteiger charge is -2.06. The van der Waals surface area contributed by atoms with Crippen LogP contribution in [0.15, 0.2) is 30.4 Å². The van der Waals surface area contributed by atoms with E-state index in [1.165, 1.54) is 5.56 Å². The predicted molar refractivity (Wildman–Crippen MR) is 60.6 cm³/mol. The van der Waals surface area contributed by atoms with Crippen LogP contribution in [-0.4, -0.2) is 5.11 Å². The lowest BCUT2D eigenvalue weighted by atomic mass is 10.0. The minimum absolute atomic E-state index is 0.382. The molecule has 0 fully saturated rings. The average molecular weight is 190 g/mol. The molecule has 1 rings (SSSR count). The molecule has 0 aliphatic carbocycles. The summed E-state index contributed by atoms with van der Waals surface area (Å²) >= 11 is 0. The number of aromatic hydroxyl groups is 1. The zero-order valence-corrected chi connectivity index (χ0v) is 9.01. The van der Waals surface area contributed by atoms with Crippen molar-refractivity contribution in [3.8, 4) is 5.75 Å². The molecule has 1 N–H and O–H groups in total. The predicted octanol–water partition coefficient (Wildman–Crippen LogP) is 3.46. The Morgan fingerprint density at radius 3 is 2.71 bits per heavy atom. The first-order chi connectivity index (χ1) is 6.63. The third-order valence-electron chi connectivity index (χ3n) is 2.17. The van der Waals surface area contributed by atoms with Crippen LogP contribution in [0.4, 0.5) is 0 Å². The van der Waals surface area contributed by atoms with Crippen LogP contribution in [0.3, 0.4) is 0 Å². The summed E-state index contributed by atoms with van der Waals surface area (Å²) in [5.41, 5.74) is 3.36. The Kier molecular flexibility index (Phi) is 3.75. The molecule has 0 saturated heterocycles. The Morgan fingerprint density at radius 1 is 1.43 bits per heavy atom. The van der Waals surface area contributed by atoms with E-state index < -0.39 is 0 Å². The van der Waals surface area contributed by atoms with Crippen molar-refractivity contribution in [1.82, 2.24) is 0 Å². The summed E-state index contributed by atoms with van der Waals surface area (Å²) in [7, 11) is 0. The highest BCUT2D eigenvalue weighted by Crippen LogP contribution is 2.21. The van der Waals surface area contributed by atoms with Gasteiger partial charge in [0.25, 0.3) is 0 Å². The minimum Gasteiger partial charge on any atom is -0.508 e. The smallest absolute Gasteiger partial charge is 0.119 e. The van der Waals surface area contributed by atoms with E-state index in [-0.39, 0.29) is 0 Å². The van der Waals surface area contributed by atoms with Crippen LogP contribution in [0.5, 0.6) is 5.75 Å². The molecule has 1 aromatic carbocycles. The number of aryl methyl sites for hydroxylation is 1. The summed E-state index contributed by atoms with van der Waals surface area (Å²) in [5, 5.41) is 9.61. The quantitative estimate of drug-likeness (QED) is 0.721. The van der Waals surface area contributed by atoms with E-state index in [0.29, 0.717) is 5.75 Å². The molecule has 76 valence electrons. The number of rotatable bonds is 4. The zero-order chi connectivity index (χ0) is 10.6. The van der Waals surface area contributed by atoms with Crippen molar-refractivity contribution in [3.63, 3.8) is 0 Å². The second kappa shape index (κ2) is 4.85. The van der Waals surface area contributed by atoms with E-state index >= 15 is 0 Å². The maximum atomic E-state index is 9.61. The van der Waals surface area contributed by atoms with Gasteiger partial charge in [-0.2, -0.15) is 0 Å². The molecule has 0 atom stereocenters. The number of hydrogen-bond donors (Lipinski definition) is 1. The van der Waals surface area contributed by atoms with Crippen molar-refractivity contribution in [1.29, 1.82) is 0 Å². The first-order valence-corrected chi connectivity index (χ1v) is 5.08. The van der Waals surface area contributed by atoms with Crippen molar-refractivity contribution in [2.45, 2.75) is 33.1 Å². The number of phenolic OH excluding ortho intramolecular Hbond substituents is 1. The lowest BCUT2D eigenvalue weighted by Crippen LogP contribution is -1.90. The highest BCUT2D eigenvalue weighted by molar-refractivity contribution is 5.38. The zero-order valence-electron chi connectivity index (χ0n) is 9.01. The van der Waals surface area contributed by atoms with Gasteiger partial charge in [0, 0.05) is 0 Å². The summed E-state index contributed by atoms with van der Waals surface area (Å²) in [4.78, 5) is 0. The summed E-state index contributed by atoms with van der Waals surface area (Å²) in [6.45, 7) is 7.99. The second-order valence-corrected chi connectivity index (χ2v) is 3.85. The molecule has 1 heteroatoms. The molecule has 0 amide bonds. The van der Waals surface area contributed by atoms with E-state index in [4.69, 9.17) is 0 Å². The van der Waals surface area contributed by atoms with Crippen molar-refractivity contribution in [2.24, 2.45) is 0 Å². The topological polar surface area (TPSA) is 20.2 Å². The van der Waals surface area contributed by atoms with Crippen molar-refractivity contribution in [2.75, 3.05) is 0 Å². The van der Waals surface area contributed by atoms with Gasteiger partial charge in [-0.15, -0.1) is 0 Å². The fourth-order valence-corrected chi connectivity index (χ4v) is 1.55. The third-order valence-corrected chi connectivity index (χ3v) is 2.17. The number of benzene rings is 1. The Bertz CT molecular complexity index is 326. The Hall–Kier alpha value is -1.24. The Labute approximate surface area is 86.1 Å². The number of hydrogen-bond acceptors (Lipinski definition) is 1. The fourth-order valence-electron chi connectivity index (χ4n) is 1.55. The Balaban J connectivity index is 2.90. The molecule has 0 aromatic heterocycles. The van der Waals surface area contributed by atoms with Crippen LogP contribution in [0.1, 0.15) is 31.4 Å². The molecule has 0 bridgehead atoms. The molecule has 0 aliphatic heterocycles. The normalized spacial score (nSPS) is 10.1. The van der Waals surface area contributed by atoms with Crippen LogP contribution in [-0.2, 0) is 12.8 Å². The highest BCUT2D eigenvalue weighted by atomic mass is 16.3. The lowest BCUT2D eigenvalue weighted by molar-refractivity contribution is 0.469. The van der Waals surface area contributed by atoms with Gasteiger partial charge in [0.1, 0.15) is 5.75 Å². The number of phenols is 1. The van der Waals surface area contributed by atoms with Gasteiger partial charge in [0.05, 0.1) is 0 Å². The number of allylic oxidation sites excluding steroid dienone is 1. The van der Waals surface area contributed by atoms with Gasteiger partial charge in [0.2, 0.25) is 0 Å². The highest BCUT2D eigenvalue weighted by Gasteiger charge is 2.02. The van der Waals surface area contributed by atoms with Crippen LogP contribution >= 0.6 is 0 Å². The second-order valence-electron chi connectivity index (χ2n) is 3.85. The molecule has 0 radical (unpaired) electrons. The van der Waals surface area contributed by atoms with Gasteiger partial charge in [-0.1, -0.05) is 37.6 Å². The fraction of sp³-hybridized carbons (Fsp3) is 0.385. The van der Waals surface area contributed by atoms with E-state index in [9.17, 15) is 5.11 Å². The maximum absolute atomic E-state index is 9.61. The molecule has 0 saturated carbocycles. The van der Waals surface area contributed by atoms with Crippen molar-refractivity contribution < 1.29 is 5.11 Å². The van der Waals surface area contributed by atoms with Crippen LogP contribution in [0, 0.1) is 0 Å². The summed E-state index contributed by atoms with van der Waals surface area (Å²) < 4.78 is 0. The van der Waals surface area contributed by atoms with Crippen molar-refractivity contribution >= 4 is 0 Å². The molecular weight excluding hydrogens is 172 g/mol. The molecule has 0 unspecified atom stereocenters. The summed E-state index contributed by atoms with van der Waals surface area (Å²) in [5.74, 6) is 0.382. The molecular formula is C13H18O. The monoisotopic (exact) mass is 190 g/mol. The maximum Gasteiger partial charge on any atom is 0.119 e. The van der Waals surface area contributed by atoms with Crippen LogP contribution in [0.2, 0.25) is 0 Å². The van der Waals surface area contributed by atoms with Crippen molar-refractivity contribution in [3.05, 3.63) is 41.5 Å². The van der Waals surface area contributed by atoms with Crippen LogP contribution < -0.4 is 0 Å². The van der Waals surface area contributed by atoms with E-state index in [2.05, 4.69) is 19.6 Å². The third kappa shape index (κ3) is 2.91. The minimum atomic E-state index is 0.382. The van der Waals surface area contributed by atoms with Gasteiger partial charge in [-0.05, 0) is 37.0 Å². The van der Waals surface area contributed by atoms with Gasteiger partial charge < -0.3 is 5.11 Å². The first-order valence-electron chi connectivity index (χ1n) is 5.08. The Morgan fingerprint density at radius 2 is 2.14 bits per heavy atom. The molecule has 0 heterocycles.